The monoisotopic (exact) mass is 357 g/mol. The van der Waals surface area contributed by atoms with Crippen LogP contribution in [0.4, 0.5) is 15.8 Å². The first-order chi connectivity index (χ1) is 10.9. The molecule has 0 radical (unpaired) electrons. The van der Waals surface area contributed by atoms with Crippen molar-refractivity contribution in [2.24, 2.45) is 0 Å². The fourth-order valence-electron chi connectivity index (χ4n) is 2.12. The number of rotatable bonds is 6. The van der Waals surface area contributed by atoms with Crippen molar-refractivity contribution in [2.75, 3.05) is 18.0 Å². The topological polar surface area (TPSA) is 46.6 Å². The van der Waals surface area contributed by atoms with Gasteiger partial charge in [-0.15, -0.1) is 0 Å². The molecule has 0 spiro atoms. The summed E-state index contributed by atoms with van der Waals surface area (Å²) in [6, 6.07) is 12.4. The number of benzene rings is 2. The second-order valence-corrected chi connectivity index (χ2v) is 7.62. The average Bonchev–Trinajstić information content (AvgIpc) is 2.52. The fraction of sp³-hybridized carbons (Fsp3) is 0.250. The van der Waals surface area contributed by atoms with E-state index in [1.54, 1.807) is 37.3 Å². The van der Waals surface area contributed by atoms with Crippen LogP contribution < -0.4 is 4.31 Å². The normalized spacial score (nSPS) is 12.9. The average molecular weight is 358 g/mol. The Morgan fingerprint density at radius 1 is 1.17 bits per heavy atom. The Balaban J connectivity index is 2.59. The van der Waals surface area contributed by atoms with E-state index in [9.17, 15) is 12.8 Å². The zero-order valence-electron chi connectivity index (χ0n) is 12.7. The number of para-hydroxylation sites is 1. The molecule has 0 heterocycles. The molecule has 2 rings (SSSR count). The van der Waals surface area contributed by atoms with Gasteiger partial charge in [0.2, 0.25) is 10.0 Å². The Morgan fingerprint density at radius 2 is 1.83 bits per heavy atom. The van der Waals surface area contributed by atoms with Crippen LogP contribution in [0, 0.1) is 5.82 Å². The second-order valence-electron chi connectivity index (χ2n) is 5.01. The number of nitrogens with zero attached hydrogens (tertiary/aromatic N) is 1. The molecule has 0 N–H and O–H groups in total. The lowest BCUT2D eigenvalue weighted by molar-refractivity contribution is 0.200. The number of methoxy groups -OCH3 is 1. The van der Waals surface area contributed by atoms with Crippen LogP contribution in [0.15, 0.2) is 48.5 Å². The lowest BCUT2D eigenvalue weighted by Gasteiger charge is -2.27. The molecule has 0 aliphatic carbocycles. The van der Waals surface area contributed by atoms with Gasteiger partial charge in [-0.3, -0.25) is 0 Å². The van der Waals surface area contributed by atoms with Crippen LogP contribution in [0.2, 0.25) is 5.02 Å². The van der Waals surface area contributed by atoms with Gasteiger partial charge < -0.3 is 4.74 Å². The molecule has 7 heteroatoms. The van der Waals surface area contributed by atoms with E-state index < -0.39 is 21.1 Å². The van der Waals surface area contributed by atoms with Crippen molar-refractivity contribution >= 4 is 33.0 Å². The predicted molar refractivity (Wildman–Crippen MR) is 90.2 cm³/mol. The van der Waals surface area contributed by atoms with Gasteiger partial charge in [0.15, 0.2) is 0 Å². The Hall–Kier alpha value is -1.63. The molecular formula is C16H17ClFNO3S. The van der Waals surface area contributed by atoms with Crippen LogP contribution in [-0.2, 0) is 14.8 Å². The third kappa shape index (κ3) is 3.83. The van der Waals surface area contributed by atoms with E-state index in [-0.39, 0.29) is 17.3 Å². The van der Waals surface area contributed by atoms with E-state index in [1.165, 1.54) is 19.2 Å². The van der Waals surface area contributed by atoms with E-state index >= 15 is 0 Å². The summed E-state index contributed by atoms with van der Waals surface area (Å²) in [5.41, 5.74) is 0.712. The first kappa shape index (κ1) is 17.7. The number of anilines is 2. The molecule has 0 fully saturated rings. The Kier molecular flexibility index (Phi) is 5.62. The Bertz CT molecular complexity index is 768. The summed E-state index contributed by atoms with van der Waals surface area (Å²) in [5, 5.41) is -0.922. The highest BCUT2D eigenvalue weighted by Gasteiger charge is 2.30. The van der Waals surface area contributed by atoms with Crippen LogP contribution in [0.25, 0.3) is 0 Å². The van der Waals surface area contributed by atoms with Gasteiger partial charge in [0.05, 0.1) is 23.0 Å². The maximum absolute atomic E-state index is 13.4. The molecule has 0 aromatic heterocycles. The van der Waals surface area contributed by atoms with Gasteiger partial charge >= 0.3 is 0 Å². The van der Waals surface area contributed by atoms with E-state index in [2.05, 4.69) is 0 Å². The summed E-state index contributed by atoms with van der Waals surface area (Å²) in [6.07, 6.45) is 0. The van der Waals surface area contributed by atoms with E-state index in [4.69, 9.17) is 16.3 Å². The van der Waals surface area contributed by atoms with Crippen LogP contribution >= 0.6 is 11.6 Å². The zero-order chi connectivity index (χ0) is 17.0. The van der Waals surface area contributed by atoms with Gasteiger partial charge in [0.1, 0.15) is 11.1 Å². The van der Waals surface area contributed by atoms with E-state index in [0.29, 0.717) is 5.69 Å². The molecule has 0 bridgehead atoms. The van der Waals surface area contributed by atoms with E-state index in [0.717, 1.165) is 10.4 Å². The van der Waals surface area contributed by atoms with Gasteiger partial charge in [-0.2, -0.15) is 0 Å². The van der Waals surface area contributed by atoms with Crippen molar-refractivity contribution in [1.82, 2.24) is 0 Å². The van der Waals surface area contributed by atoms with Crippen molar-refractivity contribution < 1.29 is 17.5 Å². The van der Waals surface area contributed by atoms with Gasteiger partial charge in [-0.05, 0) is 37.3 Å². The summed E-state index contributed by atoms with van der Waals surface area (Å²) in [6.45, 7) is 1.60. The molecule has 0 aliphatic rings. The van der Waals surface area contributed by atoms with Crippen molar-refractivity contribution in [3.8, 4) is 0 Å². The van der Waals surface area contributed by atoms with Crippen LogP contribution in [0.3, 0.4) is 0 Å². The zero-order valence-corrected chi connectivity index (χ0v) is 14.3. The number of halogens is 2. The molecule has 23 heavy (non-hydrogen) atoms. The number of ether oxygens (including phenoxy) is 1. The van der Waals surface area contributed by atoms with Crippen LogP contribution in [0.5, 0.6) is 0 Å². The van der Waals surface area contributed by atoms with Gasteiger partial charge in [0, 0.05) is 7.11 Å². The summed E-state index contributed by atoms with van der Waals surface area (Å²) in [7, 11) is -2.33. The number of hydrogen-bond acceptors (Lipinski definition) is 3. The van der Waals surface area contributed by atoms with Gasteiger partial charge in [-0.1, -0.05) is 29.8 Å². The minimum atomic E-state index is -3.77. The molecular weight excluding hydrogens is 341 g/mol. The van der Waals surface area contributed by atoms with Crippen LogP contribution in [-0.4, -0.2) is 27.4 Å². The molecule has 0 aliphatic heterocycles. The smallest absolute Gasteiger partial charge is 0.244 e. The maximum Gasteiger partial charge on any atom is 0.244 e. The second kappa shape index (κ2) is 7.29. The minimum absolute atomic E-state index is 0.0423. The third-order valence-electron chi connectivity index (χ3n) is 3.29. The predicted octanol–water partition coefficient (Wildman–Crippen LogP) is 3.98. The van der Waals surface area contributed by atoms with Crippen molar-refractivity contribution in [2.45, 2.75) is 12.2 Å². The summed E-state index contributed by atoms with van der Waals surface area (Å²) in [5.74, 6) is -0.606. The van der Waals surface area contributed by atoms with Crippen LogP contribution in [0.1, 0.15) is 6.92 Å². The summed E-state index contributed by atoms with van der Waals surface area (Å²) >= 11 is 5.82. The Morgan fingerprint density at radius 3 is 2.39 bits per heavy atom. The molecule has 2 aromatic rings. The summed E-state index contributed by atoms with van der Waals surface area (Å²) < 4.78 is 45.4. The first-order valence-corrected chi connectivity index (χ1v) is 8.79. The largest absolute Gasteiger partial charge is 0.383 e. The molecule has 0 saturated heterocycles. The first-order valence-electron chi connectivity index (χ1n) is 6.91. The molecule has 0 saturated carbocycles. The SMILES string of the molecule is COCC(C)S(=O)(=O)N(c1ccccc1)c1ccc(F)c(Cl)c1. The highest BCUT2D eigenvalue weighted by Crippen LogP contribution is 2.33. The molecule has 4 nitrogen and oxygen atoms in total. The lowest BCUT2D eigenvalue weighted by atomic mass is 10.2. The molecule has 124 valence electrons. The highest BCUT2D eigenvalue weighted by atomic mass is 35.5. The molecule has 1 atom stereocenters. The molecule has 1 unspecified atom stereocenters. The molecule has 0 amide bonds. The maximum atomic E-state index is 13.4. The number of hydrogen-bond donors (Lipinski definition) is 0. The van der Waals surface area contributed by atoms with Gasteiger partial charge in [0.25, 0.3) is 0 Å². The quantitative estimate of drug-likeness (QED) is 0.785. The van der Waals surface area contributed by atoms with Crippen molar-refractivity contribution in [3.05, 3.63) is 59.4 Å². The standard InChI is InChI=1S/C16H17ClFNO3S/c1-12(11-22-2)23(20,21)19(13-6-4-3-5-7-13)14-8-9-16(18)15(17)10-14/h3-10,12H,11H2,1-2H3. The van der Waals surface area contributed by atoms with Crippen molar-refractivity contribution in [1.29, 1.82) is 0 Å². The van der Waals surface area contributed by atoms with E-state index in [1.807, 2.05) is 0 Å². The third-order valence-corrected chi connectivity index (χ3v) is 5.67. The number of sulfonamides is 1. The minimum Gasteiger partial charge on any atom is -0.383 e. The lowest BCUT2D eigenvalue weighted by Crippen LogP contribution is -2.36. The summed E-state index contributed by atoms with van der Waals surface area (Å²) in [4.78, 5) is 0. The Labute approximate surface area is 140 Å². The van der Waals surface area contributed by atoms with Crippen molar-refractivity contribution in [3.63, 3.8) is 0 Å². The van der Waals surface area contributed by atoms with Gasteiger partial charge in [-0.25, -0.2) is 17.1 Å². The highest BCUT2D eigenvalue weighted by molar-refractivity contribution is 7.93. The fourth-order valence-corrected chi connectivity index (χ4v) is 3.78. The molecule has 2 aromatic carbocycles.